The van der Waals surface area contributed by atoms with Gasteiger partial charge in [0, 0.05) is 51.0 Å². The van der Waals surface area contributed by atoms with E-state index in [0.29, 0.717) is 45.1 Å². The van der Waals surface area contributed by atoms with Gasteiger partial charge in [-0.1, -0.05) is 31.7 Å². The van der Waals surface area contributed by atoms with Gasteiger partial charge in [0.15, 0.2) is 0 Å². The summed E-state index contributed by atoms with van der Waals surface area (Å²) in [5, 5.41) is 26.3. The Balaban J connectivity index is 2.01. The lowest BCUT2D eigenvalue weighted by atomic mass is 10.0. The molecular formula is C33H55N5O7. The third-order valence-electron chi connectivity index (χ3n) is 7.52. The van der Waals surface area contributed by atoms with Crippen LogP contribution in [-0.4, -0.2) is 82.0 Å². The van der Waals surface area contributed by atoms with E-state index in [1.807, 2.05) is 25.2 Å². The molecule has 5 N–H and O–H groups in total. The summed E-state index contributed by atoms with van der Waals surface area (Å²) in [5.74, 6) is -1.89. The molecule has 1 aromatic heterocycles. The molecule has 12 nitrogen and oxygen atoms in total. The van der Waals surface area contributed by atoms with Crippen LogP contribution in [0.15, 0.2) is 24.4 Å². The standard InChI is InChI=1S/C33H55N5O7/c1-26(20-21-31(41)42)36-33(45)35-23-12-6-5-8-17-28(39)16-7-3-4-9-19-30(40)37-29(32(43)44)18-11-14-24-38(2)25-27-15-10-13-22-34-27/h10,13,15,22,26,29H,3-9,11-12,14,16-21,23-25H2,1-2H3,(H,37,40)(H,41,42)(H,43,44)(H2,35,36,45). The minimum Gasteiger partial charge on any atom is -0.481 e. The number of unbranched alkanes of at least 4 members (excludes halogenated alkanes) is 7. The molecule has 0 aliphatic heterocycles. The Morgan fingerprint density at radius 3 is 2.09 bits per heavy atom. The van der Waals surface area contributed by atoms with E-state index in [1.165, 1.54) is 0 Å². The lowest BCUT2D eigenvalue weighted by Crippen LogP contribution is -2.41. The van der Waals surface area contributed by atoms with E-state index in [0.717, 1.165) is 70.2 Å². The van der Waals surface area contributed by atoms with Crippen LogP contribution < -0.4 is 16.0 Å². The summed E-state index contributed by atoms with van der Waals surface area (Å²) in [7, 11) is 2.01. The molecule has 12 heteroatoms. The van der Waals surface area contributed by atoms with Crippen LogP contribution in [0.4, 0.5) is 4.79 Å². The van der Waals surface area contributed by atoms with E-state index in [9.17, 15) is 29.1 Å². The third kappa shape index (κ3) is 22.6. The van der Waals surface area contributed by atoms with Crippen LogP contribution in [0, 0.1) is 0 Å². The minimum atomic E-state index is -1.01. The van der Waals surface area contributed by atoms with Gasteiger partial charge in [-0.15, -0.1) is 0 Å². The molecule has 0 aliphatic rings. The molecule has 0 saturated carbocycles. The van der Waals surface area contributed by atoms with Crippen molar-refractivity contribution in [2.45, 2.75) is 128 Å². The van der Waals surface area contributed by atoms with Crippen molar-refractivity contribution < 1.29 is 34.2 Å². The molecule has 3 amide bonds. The summed E-state index contributed by atoms with van der Waals surface area (Å²) >= 11 is 0. The predicted molar refractivity (Wildman–Crippen MR) is 173 cm³/mol. The van der Waals surface area contributed by atoms with Crippen molar-refractivity contribution in [1.29, 1.82) is 0 Å². The Labute approximate surface area is 268 Å². The maximum atomic E-state index is 12.3. The number of aliphatic carboxylic acids is 2. The highest BCUT2D eigenvalue weighted by atomic mass is 16.4. The molecule has 45 heavy (non-hydrogen) atoms. The molecule has 0 radical (unpaired) electrons. The molecule has 0 saturated heterocycles. The number of ketones is 1. The van der Waals surface area contributed by atoms with Crippen LogP contribution in [0.2, 0.25) is 0 Å². The second-order valence-corrected chi connectivity index (χ2v) is 11.9. The van der Waals surface area contributed by atoms with Crippen LogP contribution >= 0.6 is 0 Å². The topological polar surface area (TPSA) is 178 Å². The number of carbonyl (C=O) groups excluding carboxylic acids is 3. The number of carboxylic acids is 2. The van der Waals surface area contributed by atoms with Crippen molar-refractivity contribution in [2.75, 3.05) is 20.1 Å². The SMILES string of the molecule is CC(CCC(=O)O)NC(=O)NCCCCCCC(=O)CCCCCCC(=O)NC(CCCCN(C)Cc1ccccn1)C(=O)O. The molecule has 0 bridgehead atoms. The summed E-state index contributed by atoms with van der Waals surface area (Å²) in [5.41, 5.74) is 0.990. The highest BCUT2D eigenvalue weighted by Crippen LogP contribution is 2.11. The van der Waals surface area contributed by atoms with E-state index in [4.69, 9.17) is 5.11 Å². The minimum absolute atomic E-state index is 0.0180. The first-order valence-corrected chi connectivity index (χ1v) is 16.4. The van der Waals surface area contributed by atoms with Crippen LogP contribution in [0.3, 0.4) is 0 Å². The van der Waals surface area contributed by atoms with Gasteiger partial charge in [-0.3, -0.25) is 19.4 Å². The molecule has 0 fully saturated rings. The van der Waals surface area contributed by atoms with Gasteiger partial charge in [0.2, 0.25) is 5.91 Å². The monoisotopic (exact) mass is 633 g/mol. The highest BCUT2D eigenvalue weighted by Gasteiger charge is 2.19. The van der Waals surface area contributed by atoms with Gasteiger partial charge in [0.1, 0.15) is 11.8 Å². The first kappa shape index (κ1) is 39.5. The van der Waals surface area contributed by atoms with E-state index < -0.39 is 18.0 Å². The summed E-state index contributed by atoms with van der Waals surface area (Å²) in [6.07, 6.45) is 12.1. The van der Waals surface area contributed by atoms with Gasteiger partial charge in [-0.2, -0.15) is 0 Å². The maximum Gasteiger partial charge on any atom is 0.326 e. The summed E-state index contributed by atoms with van der Waals surface area (Å²) in [6, 6.07) is 4.43. The average Bonchev–Trinajstić information content (AvgIpc) is 2.99. The Bertz CT molecular complexity index is 1010. The highest BCUT2D eigenvalue weighted by molar-refractivity contribution is 5.83. The smallest absolute Gasteiger partial charge is 0.326 e. The second-order valence-electron chi connectivity index (χ2n) is 11.9. The largest absolute Gasteiger partial charge is 0.481 e. The number of amides is 3. The summed E-state index contributed by atoms with van der Waals surface area (Å²) in [6.45, 7) is 3.86. The van der Waals surface area contributed by atoms with Crippen LogP contribution in [0.1, 0.15) is 115 Å². The molecule has 1 aromatic rings. The average molecular weight is 634 g/mol. The number of urea groups is 1. The zero-order chi connectivity index (χ0) is 33.3. The van der Waals surface area contributed by atoms with E-state index in [-0.39, 0.29) is 36.6 Å². The van der Waals surface area contributed by atoms with Crippen LogP contribution in [0.5, 0.6) is 0 Å². The Kier molecular flexibility index (Phi) is 21.7. The molecule has 0 spiro atoms. The second kappa shape index (κ2) is 24.7. The van der Waals surface area contributed by atoms with Crippen LogP contribution in [0.25, 0.3) is 0 Å². The van der Waals surface area contributed by atoms with Crippen molar-refractivity contribution in [3.05, 3.63) is 30.1 Å². The van der Waals surface area contributed by atoms with Crippen molar-refractivity contribution >= 4 is 29.7 Å². The fraction of sp³-hybridized carbons (Fsp3) is 0.697. The number of hydrogen-bond acceptors (Lipinski definition) is 7. The molecule has 2 unspecified atom stereocenters. The molecule has 2 atom stereocenters. The van der Waals surface area contributed by atoms with Gasteiger partial charge >= 0.3 is 18.0 Å². The van der Waals surface area contributed by atoms with Gasteiger partial charge in [0.05, 0.1) is 5.69 Å². The lowest BCUT2D eigenvalue weighted by molar-refractivity contribution is -0.142. The van der Waals surface area contributed by atoms with Gasteiger partial charge in [-0.25, -0.2) is 9.59 Å². The lowest BCUT2D eigenvalue weighted by Gasteiger charge is -2.17. The van der Waals surface area contributed by atoms with Gasteiger partial charge < -0.3 is 31.1 Å². The van der Waals surface area contributed by atoms with Gasteiger partial charge in [-0.05, 0) is 84.0 Å². The fourth-order valence-electron chi connectivity index (χ4n) is 4.88. The Morgan fingerprint density at radius 2 is 1.47 bits per heavy atom. The van der Waals surface area contributed by atoms with E-state index in [1.54, 1.807) is 13.1 Å². The first-order chi connectivity index (χ1) is 21.6. The number of rotatable bonds is 27. The van der Waals surface area contributed by atoms with Gasteiger partial charge in [0.25, 0.3) is 0 Å². The quantitative estimate of drug-likeness (QED) is 0.0862. The number of carbonyl (C=O) groups is 5. The van der Waals surface area contributed by atoms with Crippen LogP contribution in [-0.2, 0) is 25.7 Å². The van der Waals surface area contributed by atoms with E-state index in [2.05, 4.69) is 25.8 Å². The van der Waals surface area contributed by atoms with Crippen molar-refractivity contribution in [2.24, 2.45) is 0 Å². The number of Topliss-reactive ketones (excluding diaryl/α,β-unsaturated/α-hetero) is 1. The molecule has 0 aliphatic carbocycles. The normalized spacial score (nSPS) is 12.3. The molecule has 1 heterocycles. The third-order valence-corrected chi connectivity index (χ3v) is 7.52. The first-order valence-electron chi connectivity index (χ1n) is 16.4. The Hall–Kier alpha value is -3.54. The number of nitrogens with one attached hydrogen (secondary N) is 3. The summed E-state index contributed by atoms with van der Waals surface area (Å²) in [4.78, 5) is 64.9. The van der Waals surface area contributed by atoms with Crippen molar-refractivity contribution in [1.82, 2.24) is 25.8 Å². The maximum absolute atomic E-state index is 12.3. The molecular weight excluding hydrogens is 578 g/mol. The molecule has 254 valence electrons. The number of nitrogens with zero attached hydrogens (tertiary/aromatic N) is 2. The molecule has 0 aromatic carbocycles. The molecule has 1 rings (SSSR count). The number of carboxylic acid groups (broad SMARTS) is 2. The Morgan fingerprint density at radius 1 is 0.800 bits per heavy atom. The number of pyridine rings is 1. The number of hydrogen-bond donors (Lipinski definition) is 5. The van der Waals surface area contributed by atoms with Crippen molar-refractivity contribution in [3.63, 3.8) is 0 Å². The zero-order valence-electron chi connectivity index (χ0n) is 27.2. The number of aromatic nitrogens is 1. The summed E-state index contributed by atoms with van der Waals surface area (Å²) < 4.78 is 0. The predicted octanol–water partition coefficient (Wildman–Crippen LogP) is 4.67. The fourth-order valence-corrected chi connectivity index (χ4v) is 4.88. The van der Waals surface area contributed by atoms with E-state index >= 15 is 0 Å². The van der Waals surface area contributed by atoms with Crippen molar-refractivity contribution in [3.8, 4) is 0 Å². The zero-order valence-corrected chi connectivity index (χ0v) is 27.2.